The number of fused-ring (bicyclic) bond motifs is 1. The molecular formula is C19H14ClFN2O3. The minimum absolute atomic E-state index is 0.0829. The van der Waals surface area contributed by atoms with Gasteiger partial charge >= 0.3 is 5.97 Å². The van der Waals surface area contributed by atoms with Crippen molar-refractivity contribution in [2.24, 2.45) is 0 Å². The van der Waals surface area contributed by atoms with Crippen LogP contribution in [0.5, 0.6) is 5.75 Å². The molecule has 0 atom stereocenters. The molecule has 0 radical (unpaired) electrons. The molecule has 0 bridgehead atoms. The summed E-state index contributed by atoms with van der Waals surface area (Å²) in [6.07, 6.45) is 1.71. The van der Waals surface area contributed by atoms with E-state index in [2.05, 4.69) is 10.3 Å². The normalized spacial score (nSPS) is 10.6. The molecular weight excluding hydrogens is 359 g/mol. The number of hydrogen-bond acceptors (Lipinski definition) is 4. The van der Waals surface area contributed by atoms with Crippen LogP contribution in [-0.4, -0.2) is 16.9 Å². The van der Waals surface area contributed by atoms with E-state index in [1.165, 1.54) is 36.5 Å². The standard InChI is InChI=1S/C19H14ClFN2O3/c1-2-17(24)26-13-5-6-16(15(20)10-13)23-19(25)18-14-9-12(21)4-3-11(14)7-8-22-18/h3-10H,2H2,1H3,(H,23,25). The fourth-order valence-corrected chi connectivity index (χ4v) is 2.59. The van der Waals surface area contributed by atoms with Crippen molar-refractivity contribution in [1.82, 2.24) is 4.98 Å². The third kappa shape index (κ3) is 3.81. The van der Waals surface area contributed by atoms with E-state index in [1.807, 2.05) is 0 Å². The lowest BCUT2D eigenvalue weighted by atomic mass is 10.1. The van der Waals surface area contributed by atoms with Crippen LogP contribution in [0.15, 0.2) is 48.7 Å². The van der Waals surface area contributed by atoms with Gasteiger partial charge in [-0.1, -0.05) is 24.6 Å². The van der Waals surface area contributed by atoms with Gasteiger partial charge in [-0.2, -0.15) is 0 Å². The summed E-state index contributed by atoms with van der Waals surface area (Å²) in [6, 6.07) is 10.3. The number of hydrogen-bond donors (Lipinski definition) is 1. The number of pyridine rings is 1. The number of aromatic nitrogens is 1. The summed E-state index contributed by atoms with van der Waals surface area (Å²) in [5.41, 5.74) is 0.405. The van der Waals surface area contributed by atoms with Crippen molar-refractivity contribution in [3.8, 4) is 5.75 Å². The minimum atomic E-state index is -0.526. The van der Waals surface area contributed by atoms with Crippen LogP contribution >= 0.6 is 11.6 Å². The van der Waals surface area contributed by atoms with E-state index >= 15 is 0 Å². The van der Waals surface area contributed by atoms with Gasteiger partial charge in [0.25, 0.3) is 5.91 Å². The second-order valence-electron chi connectivity index (χ2n) is 5.45. The average molecular weight is 373 g/mol. The molecule has 132 valence electrons. The molecule has 0 fully saturated rings. The lowest BCUT2D eigenvalue weighted by Gasteiger charge is -2.10. The maximum Gasteiger partial charge on any atom is 0.310 e. The van der Waals surface area contributed by atoms with E-state index in [1.54, 1.807) is 19.1 Å². The van der Waals surface area contributed by atoms with Gasteiger partial charge < -0.3 is 10.1 Å². The molecule has 5 nitrogen and oxygen atoms in total. The number of carbonyl (C=O) groups is 2. The molecule has 26 heavy (non-hydrogen) atoms. The number of benzene rings is 2. The van der Waals surface area contributed by atoms with Gasteiger partial charge in [0.05, 0.1) is 10.7 Å². The smallest absolute Gasteiger partial charge is 0.310 e. The molecule has 3 aromatic rings. The molecule has 0 unspecified atom stereocenters. The van der Waals surface area contributed by atoms with Crippen LogP contribution in [0.3, 0.4) is 0 Å². The monoisotopic (exact) mass is 372 g/mol. The van der Waals surface area contributed by atoms with Crippen LogP contribution in [0.25, 0.3) is 10.8 Å². The predicted octanol–water partition coefficient (Wildman–Crippen LogP) is 4.60. The van der Waals surface area contributed by atoms with E-state index in [0.717, 1.165) is 0 Å². The zero-order valence-corrected chi connectivity index (χ0v) is 14.5. The Kier molecular flexibility index (Phi) is 5.14. The van der Waals surface area contributed by atoms with Crippen molar-refractivity contribution < 1.29 is 18.7 Å². The van der Waals surface area contributed by atoms with Gasteiger partial charge in [0.2, 0.25) is 0 Å². The number of nitrogens with one attached hydrogen (secondary N) is 1. The maximum absolute atomic E-state index is 13.5. The number of esters is 1. The SMILES string of the molecule is CCC(=O)Oc1ccc(NC(=O)c2nccc3ccc(F)cc23)c(Cl)c1. The first-order valence-corrected chi connectivity index (χ1v) is 8.21. The van der Waals surface area contributed by atoms with Gasteiger partial charge in [-0.25, -0.2) is 4.39 Å². The Morgan fingerprint density at radius 1 is 1.19 bits per heavy atom. The Morgan fingerprint density at radius 2 is 2.00 bits per heavy atom. The molecule has 1 amide bonds. The number of anilines is 1. The summed E-state index contributed by atoms with van der Waals surface area (Å²) >= 11 is 6.14. The van der Waals surface area contributed by atoms with Crippen molar-refractivity contribution >= 4 is 39.9 Å². The number of amides is 1. The Hall–Kier alpha value is -2.99. The fourth-order valence-electron chi connectivity index (χ4n) is 2.37. The van der Waals surface area contributed by atoms with Crippen LogP contribution in [-0.2, 0) is 4.79 Å². The zero-order chi connectivity index (χ0) is 18.7. The average Bonchev–Trinajstić information content (AvgIpc) is 2.63. The van der Waals surface area contributed by atoms with Crippen LogP contribution in [0.2, 0.25) is 5.02 Å². The molecule has 2 aromatic carbocycles. The van der Waals surface area contributed by atoms with Crippen molar-refractivity contribution in [3.63, 3.8) is 0 Å². The van der Waals surface area contributed by atoms with Gasteiger partial charge in [0.15, 0.2) is 0 Å². The van der Waals surface area contributed by atoms with Gasteiger partial charge in [-0.15, -0.1) is 0 Å². The number of rotatable bonds is 4. The molecule has 0 saturated heterocycles. The molecule has 0 aliphatic rings. The molecule has 0 aliphatic heterocycles. The lowest BCUT2D eigenvalue weighted by molar-refractivity contribution is -0.134. The van der Waals surface area contributed by atoms with Crippen molar-refractivity contribution in [2.75, 3.05) is 5.32 Å². The lowest BCUT2D eigenvalue weighted by Crippen LogP contribution is -2.14. The Morgan fingerprint density at radius 3 is 2.73 bits per heavy atom. The van der Waals surface area contributed by atoms with Gasteiger partial charge in [0, 0.05) is 24.1 Å². The summed E-state index contributed by atoms with van der Waals surface area (Å²) in [5, 5.41) is 3.93. The number of halogens is 2. The van der Waals surface area contributed by atoms with E-state index in [9.17, 15) is 14.0 Å². The highest BCUT2D eigenvalue weighted by molar-refractivity contribution is 6.34. The van der Waals surface area contributed by atoms with Crippen LogP contribution in [0, 0.1) is 5.82 Å². The summed E-state index contributed by atoms with van der Waals surface area (Å²) < 4.78 is 18.6. The topological polar surface area (TPSA) is 68.3 Å². The van der Waals surface area contributed by atoms with Gasteiger partial charge in [-0.3, -0.25) is 14.6 Å². The maximum atomic E-state index is 13.5. The van der Waals surface area contributed by atoms with E-state index in [-0.39, 0.29) is 28.9 Å². The highest BCUT2D eigenvalue weighted by Gasteiger charge is 2.15. The molecule has 1 aromatic heterocycles. The van der Waals surface area contributed by atoms with Crippen molar-refractivity contribution in [1.29, 1.82) is 0 Å². The first-order valence-electron chi connectivity index (χ1n) is 7.84. The molecule has 1 heterocycles. The Bertz CT molecular complexity index is 1010. The second kappa shape index (κ2) is 7.49. The predicted molar refractivity (Wildman–Crippen MR) is 97.0 cm³/mol. The molecule has 0 spiro atoms. The van der Waals surface area contributed by atoms with E-state index in [4.69, 9.17) is 16.3 Å². The van der Waals surface area contributed by atoms with Crippen LogP contribution < -0.4 is 10.1 Å². The van der Waals surface area contributed by atoms with E-state index < -0.39 is 11.7 Å². The van der Waals surface area contributed by atoms with Gasteiger partial charge in [-0.05, 0) is 35.7 Å². The zero-order valence-electron chi connectivity index (χ0n) is 13.8. The first-order chi connectivity index (χ1) is 12.5. The molecule has 0 saturated carbocycles. The quantitative estimate of drug-likeness (QED) is 0.537. The summed E-state index contributed by atoms with van der Waals surface area (Å²) in [5.74, 6) is -1.09. The Labute approximate surface area is 153 Å². The molecule has 3 rings (SSSR count). The molecule has 0 aliphatic carbocycles. The van der Waals surface area contributed by atoms with Crippen LogP contribution in [0.1, 0.15) is 23.8 Å². The van der Waals surface area contributed by atoms with Crippen molar-refractivity contribution in [3.05, 3.63) is 65.2 Å². The summed E-state index contributed by atoms with van der Waals surface area (Å²) in [7, 11) is 0. The summed E-state index contributed by atoms with van der Waals surface area (Å²) in [6.45, 7) is 1.68. The summed E-state index contributed by atoms with van der Waals surface area (Å²) in [4.78, 5) is 27.9. The number of ether oxygens (including phenoxy) is 1. The fraction of sp³-hybridized carbons (Fsp3) is 0.105. The number of carbonyl (C=O) groups excluding carboxylic acids is 2. The second-order valence-corrected chi connectivity index (χ2v) is 5.86. The van der Waals surface area contributed by atoms with Crippen molar-refractivity contribution in [2.45, 2.75) is 13.3 Å². The van der Waals surface area contributed by atoms with Crippen LogP contribution in [0.4, 0.5) is 10.1 Å². The Balaban J connectivity index is 1.87. The minimum Gasteiger partial charge on any atom is -0.426 e. The first kappa shape index (κ1) is 17.8. The van der Waals surface area contributed by atoms with E-state index in [0.29, 0.717) is 16.5 Å². The largest absolute Gasteiger partial charge is 0.426 e. The molecule has 7 heteroatoms. The third-order valence-corrected chi connectivity index (χ3v) is 3.97. The van der Waals surface area contributed by atoms with Gasteiger partial charge in [0.1, 0.15) is 17.3 Å². The number of nitrogens with zero attached hydrogens (tertiary/aromatic N) is 1. The highest BCUT2D eigenvalue weighted by Crippen LogP contribution is 2.28. The highest BCUT2D eigenvalue weighted by atomic mass is 35.5. The third-order valence-electron chi connectivity index (χ3n) is 3.65. The molecule has 1 N–H and O–H groups in total.